The molecule has 1 aromatic heterocycles. The Hall–Kier alpha value is -0.730. The van der Waals surface area contributed by atoms with Gasteiger partial charge in [0.25, 0.3) is 0 Å². The summed E-state index contributed by atoms with van der Waals surface area (Å²) in [6, 6.07) is 1.64. The molecule has 1 rings (SSSR count). The van der Waals surface area contributed by atoms with Crippen LogP contribution < -0.4 is 5.73 Å². The van der Waals surface area contributed by atoms with Crippen LogP contribution in [0.2, 0.25) is 5.02 Å². The van der Waals surface area contributed by atoms with E-state index in [2.05, 4.69) is 11.6 Å². The SMILES string of the molecule is C=CC(N)c1cc(Cl)c[nH]1. The van der Waals surface area contributed by atoms with Crippen molar-refractivity contribution in [3.63, 3.8) is 0 Å². The Balaban J connectivity index is 2.84. The Morgan fingerprint density at radius 1 is 1.80 bits per heavy atom. The highest BCUT2D eigenvalue weighted by Gasteiger charge is 2.01. The number of aromatic amines is 1. The lowest BCUT2D eigenvalue weighted by atomic mass is 10.2. The first kappa shape index (κ1) is 7.38. The summed E-state index contributed by atoms with van der Waals surface area (Å²) in [6.07, 6.45) is 3.35. The van der Waals surface area contributed by atoms with E-state index in [9.17, 15) is 0 Å². The zero-order valence-electron chi connectivity index (χ0n) is 5.47. The smallest absolute Gasteiger partial charge is 0.0631 e. The molecular weight excluding hydrogens is 148 g/mol. The first-order valence-corrected chi connectivity index (χ1v) is 3.34. The topological polar surface area (TPSA) is 41.8 Å². The van der Waals surface area contributed by atoms with Gasteiger partial charge in [-0.15, -0.1) is 6.58 Å². The minimum absolute atomic E-state index is 0.146. The molecule has 0 bridgehead atoms. The van der Waals surface area contributed by atoms with Crippen LogP contribution in [0.5, 0.6) is 0 Å². The maximum Gasteiger partial charge on any atom is 0.0631 e. The molecule has 1 heterocycles. The Bertz CT molecular complexity index is 229. The molecule has 0 fully saturated rings. The minimum Gasteiger partial charge on any atom is -0.362 e. The Kier molecular flexibility index (Phi) is 2.14. The maximum atomic E-state index is 5.64. The van der Waals surface area contributed by atoms with Gasteiger partial charge in [0.05, 0.1) is 11.1 Å². The Labute approximate surface area is 64.7 Å². The summed E-state index contributed by atoms with van der Waals surface area (Å²) in [5.74, 6) is 0. The van der Waals surface area contributed by atoms with Crippen LogP contribution in [0.25, 0.3) is 0 Å². The highest BCUT2D eigenvalue weighted by Crippen LogP contribution is 2.14. The number of H-pyrrole nitrogens is 1. The Morgan fingerprint density at radius 2 is 2.50 bits per heavy atom. The van der Waals surface area contributed by atoms with E-state index in [0.717, 1.165) is 5.69 Å². The summed E-state index contributed by atoms with van der Waals surface area (Å²) in [5.41, 5.74) is 6.49. The molecule has 1 atom stereocenters. The van der Waals surface area contributed by atoms with E-state index in [-0.39, 0.29) is 6.04 Å². The van der Waals surface area contributed by atoms with Gasteiger partial charge in [0.1, 0.15) is 0 Å². The number of nitrogens with two attached hydrogens (primary N) is 1. The number of halogens is 1. The van der Waals surface area contributed by atoms with Gasteiger partial charge in [-0.3, -0.25) is 0 Å². The van der Waals surface area contributed by atoms with E-state index in [4.69, 9.17) is 17.3 Å². The van der Waals surface area contributed by atoms with Crippen molar-refractivity contribution in [3.05, 3.63) is 35.6 Å². The van der Waals surface area contributed by atoms with Gasteiger partial charge in [-0.2, -0.15) is 0 Å². The summed E-state index contributed by atoms with van der Waals surface area (Å²) < 4.78 is 0. The molecule has 3 N–H and O–H groups in total. The summed E-state index contributed by atoms with van der Waals surface area (Å²) in [5, 5.41) is 0.673. The lowest BCUT2D eigenvalue weighted by Gasteiger charge is -1.99. The molecule has 10 heavy (non-hydrogen) atoms. The van der Waals surface area contributed by atoms with Gasteiger partial charge >= 0.3 is 0 Å². The molecule has 1 unspecified atom stereocenters. The van der Waals surface area contributed by atoms with Crippen LogP contribution in [0, 0.1) is 0 Å². The highest BCUT2D eigenvalue weighted by atomic mass is 35.5. The monoisotopic (exact) mass is 156 g/mol. The first-order valence-electron chi connectivity index (χ1n) is 2.96. The molecule has 0 radical (unpaired) electrons. The van der Waals surface area contributed by atoms with Crippen molar-refractivity contribution >= 4 is 11.6 Å². The zero-order chi connectivity index (χ0) is 7.56. The third-order valence-electron chi connectivity index (χ3n) is 1.28. The van der Waals surface area contributed by atoms with Crippen molar-refractivity contribution in [2.75, 3.05) is 0 Å². The van der Waals surface area contributed by atoms with Crippen LogP contribution in [0.3, 0.4) is 0 Å². The fourth-order valence-electron chi connectivity index (χ4n) is 0.704. The predicted molar refractivity (Wildman–Crippen MR) is 42.9 cm³/mol. The molecule has 0 spiro atoms. The van der Waals surface area contributed by atoms with Crippen LogP contribution in [-0.2, 0) is 0 Å². The van der Waals surface area contributed by atoms with Crippen molar-refractivity contribution in [2.24, 2.45) is 5.73 Å². The lowest BCUT2D eigenvalue weighted by molar-refractivity contribution is 0.876. The van der Waals surface area contributed by atoms with Gasteiger partial charge < -0.3 is 10.7 Å². The van der Waals surface area contributed by atoms with Crippen LogP contribution in [0.4, 0.5) is 0 Å². The molecule has 2 nitrogen and oxygen atoms in total. The number of hydrogen-bond acceptors (Lipinski definition) is 1. The van der Waals surface area contributed by atoms with Gasteiger partial charge in [0.15, 0.2) is 0 Å². The second-order valence-electron chi connectivity index (χ2n) is 2.03. The largest absolute Gasteiger partial charge is 0.362 e. The standard InChI is InChI=1S/C7H9ClN2/c1-2-6(9)7-3-5(8)4-10-7/h2-4,6,10H,1,9H2. The summed E-state index contributed by atoms with van der Waals surface area (Å²) >= 11 is 5.64. The number of rotatable bonds is 2. The van der Waals surface area contributed by atoms with Crippen LogP contribution in [0.1, 0.15) is 11.7 Å². The zero-order valence-corrected chi connectivity index (χ0v) is 6.23. The number of hydrogen-bond donors (Lipinski definition) is 2. The molecule has 54 valence electrons. The molecule has 0 aromatic carbocycles. The molecule has 0 aliphatic heterocycles. The molecule has 0 saturated heterocycles. The van der Waals surface area contributed by atoms with Gasteiger partial charge in [0, 0.05) is 11.9 Å². The predicted octanol–water partition coefficient (Wildman–Crippen LogP) is 1.85. The van der Waals surface area contributed by atoms with Crippen molar-refractivity contribution in [1.29, 1.82) is 0 Å². The van der Waals surface area contributed by atoms with Gasteiger partial charge in [-0.25, -0.2) is 0 Å². The fourth-order valence-corrected chi connectivity index (χ4v) is 0.876. The van der Waals surface area contributed by atoms with Crippen LogP contribution in [-0.4, -0.2) is 4.98 Å². The van der Waals surface area contributed by atoms with Crippen molar-refractivity contribution in [1.82, 2.24) is 4.98 Å². The second kappa shape index (κ2) is 2.90. The minimum atomic E-state index is -0.146. The van der Waals surface area contributed by atoms with E-state index in [0.29, 0.717) is 5.02 Å². The molecule has 0 saturated carbocycles. The number of aromatic nitrogens is 1. The molecule has 0 amide bonds. The average molecular weight is 157 g/mol. The summed E-state index contributed by atoms with van der Waals surface area (Å²) in [7, 11) is 0. The van der Waals surface area contributed by atoms with Crippen molar-refractivity contribution in [2.45, 2.75) is 6.04 Å². The third-order valence-corrected chi connectivity index (χ3v) is 1.50. The van der Waals surface area contributed by atoms with Crippen molar-refractivity contribution in [3.8, 4) is 0 Å². The fraction of sp³-hybridized carbons (Fsp3) is 0.143. The summed E-state index contributed by atoms with van der Waals surface area (Å²) in [4.78, 5) is 2.93. The third kappa shape index (κ3) is 1.40. The Morgan fingerprint density at radius 3 is 2.90 bits per heavy atom. The van der Waals surface area contributed by atoms with E-state index in [1.165, 1.54) is 0 Å². The molecule has 1 aromatic rings. The summed E-state index contributed by atoms with van der Waals surface area (Å²) in [6.45, 7) is 3.56. The molecule has 0 aliphatic rings. The van der Waals surface area contributed by atoms with Crippen molar-refractivity contribution < 1.29 is 0 Å². The number of nitrogens with one attached hydrogen (secondary N) is 1. The lowest BCUT2D eigenvalue weighted by Crippen LogP contribution is -2.06. The quantitative estimate of drug-likeness (QED) is 0.631. The molecular formula is C7H9ClN2. The molecule has 0 aliphatic carbocycles. The van der Waals surface area contributed by atoms with E-state index >= 15 is 0 Å². The highest BCUT2D eigenvalue weighted by molar-refractivity contribution is 6.30. The van der Waals surface area contributed by atoms with E-state index in [1.54, 1.807) is 18.3 Å². The maximum absolute atomic E-state index is 5.64. The normalized spacial score (nSPS) is 13.0. The van der Waals surface area contributed by atoms with Gasteiger partial charge in [-0.1, -0.05) is 17.7 Å². The van der Waals surface area contributed by atoms with E-state index in [1.807, 2.05) is 0 Å². The second-order valence-corrected chi connectivity index (χ2v) is 2.47. The molecule has 3 heteroatoms. The van der Waals surface area contributed by atoms with Gasteiger partial charge in [0.2, 0.25) is 0 Å². The van der Waals surface area contributed by atoms with Crippen LogP contribution >= 0.6 is 11.6 Å². The average Bonchev–Trinajstić information content (AvgIpc) is 2.34. The van der Waals surface area contributed by atoms with Gasteiger partial charge in [-0.05, 0) is 6.07 Å². The first-order chi connectivity index (χ1) is 4.74. The van der Waals surface area contributed by atoms with E-state index < -0.39 is 0 Å². The van der Waals surface area contributed by atoms with Crippen LogP contribution in [0.15, 0.2) is 24.9 Å².